The van der Waals surface area contributed by atoms with Gasteiger partial charge in [0.25, 0.3) is 17.7 Å². The highest BCUT2D eigenvalue weighted by Gasteiger charge is 2.35. The van der Waals surface area contributed by atoms with E-state index in [-0.39, 0.29) is 41.9 Å². The smallest absolute Gasteiger partial charge is 0.271 e. The fourth-order valence-electron chi connectivity index (χ4n) is 4.63. The fraction of sp³-hybridized carbons (Fsp3) is 0.286. The van der Waals surface area contributed by atoms with Crippen molar-refractivity contribution in [3.63, 3.8) is 0 Å². The van der Waals surface area contributed by atoms with E-state index in [2.05, 4.69) is 43.5 Å². The summed E-state index contributed by atoms with van der Waals surface area (Å²) in [6, 6.07) is 11.8. The number of methoxy groups -OCH3 is 1. The van der Waals surface area contributed by atoms with Gasteiger partial charge in [0.1, 0.15) is 5.70 Å². The summed E-state index contributed by atoms with van der Waals surface area (Å²) in [5.74, 6) is -1.34. The summed E-state index contributed by atoms with van der Waals surface area (Å²) in [4.78, 5) is 41.5. The molecule has 2 aromatic carbocycles. The number of hydrogen-bond acceptors (Lipinski definition) is 5. The Bertz CT molecular complexity index is 1460. The van der Waals surface area contributed by atoms with Gasteiger partial charge >= 0.3 is 0 Å². The number of benzene rings is 2. The maximum absolute atomic E-state index is 13.2. The van der Waals surface area contributed by atoms with Crippen LogP contribution in [0.3, 0.4) is 0 Å². The molecular weight excluding hydrogens is 470 g/mol. The molecule has 0 unspecified atom stereocenters. The molecule has 1 saturated heterocycles. The number of rotatable bonds is 7. The first-order chi connectivity index (χ1) is 17.7. The molecule has 0 bridgehead atoms. The van der Waals surface area contributed by atoms with E-state index in [4.69, 9.17) is 4.74 Å². The van der Waals surface area contributed by atoms with Crippen LogP contribution in [-0.2, 0) is 20.9 Å². The van der Waals surface area contributed by atoms with Crippen molar-refractivity contribution in [2.75, 3.05) is 20.2 Å². The van der Waals surface area contributed by atoms with Gasteiger partial charge in [-0.2, -0.15) is 5.10 Å². The van der Waals surface area contributed by atoms with Crippen molar-refractivity contribution in [3.8, 4) is 11.1 Å². The van der Waals surface area contributed by atoms with Gasteiger partial charge in [0.15, 0.2) is 0 Å². The predicted molar refractivity (Wildman–Crippen MR) is 139 cm³/mol. The SMILES string of the molecule is C=C(NC(=O)C(=C)N1Cc2c(cccc2-c2ccc3nn(C(C)C)cc3c2)C1=O)C(=O)N1CC(OC)C1. The van der Waals surface area contributed by atoms with Crippen LogP contribution in [0.4, 0.5) is 0 Å². The van der Waals surface area contributed by atoms with Crippen LogP contribution in [0.5, 0.6) is 0 Å². The zero-order valence-electron chi connectivity index (χ0n) is 21.2. The Morgan fingerprint density at radius 1 is 1.14 bits per heavy atom. The van der Waals surface area contributed by atoms with Crippen molar-refractivity contribution in [3.05, 3.63) is 78.3 Å². The summed E-state index contributed by atoms with van der Waals surface area (Å²) >= 11 is 0. The largest absolute Gasteiger partial charge is 0.378 e. The minimum atomic E-state index is -0.646. The van der Waals surface area contributed by atoms with Gasteiger partial charge in [0, 0.05) is 43.4 Å². The number of ether oxygens (including phenoxy) is 1. The average molecular weight is 500 g/mol. The van der Waals surface area contributed by atoms with Crippen molar-refractivity contribution < 1.29 is 19.1 Å². The number of fused-ring (bicyclic) bond motifs is 2. The second-order valence-corrected chi connectivity index (χ2v) is 9.65. The highest BCUT2D eigenvalue weighted by atomic mass is 16.5. The minimum Gasteiger partial charge on any atom is -0.378 e. The molecule has 3 heterocycles. The Labute approximate surface area is 215 Å². The van der Waals surface area contributed by atoms with E-state index in [0.29, 0.717) is 18.7 Å². The third kappa shape index (κ3) is 4.31. The lowest BCUT2D eigenvalue weighted by Crippen LogP contribution is -2.56. The maximum atomic E-state index is 13.2. The lowest BCUT2D eigenvalue weighted by atomic mass is 9.96. The molecule has 0 spiro atoms. The molecule has 5 rings (SSSR count). The van der Waals surface area contributed by atoms with Crippen molar-refractivity contribution in [1.82, 2.24) is 24.9 Å². The van der Waals surface area contributed by atoms with Crippen LogP contribution < -0.4 is 5.32 Å². The molecule has 0 saturated carbocycles. The van der Waals surface area contributed by atoms with Crippen LogP contribution in [0.25, 0.3) is 22.0 Å². The van der Waals surface area contributed by atoms with Crippen LogP contribution in [0.1, 0.15) is 35.8 Å². The lowest BCUT2D eigenvalue weighted by Gasteiger charge is -2.38. The first-order valence-corrected chi connectivity index (χ1v) is 12.1. The molecule has 9 nitrogen and oxygen atoms in total. The molecule has 2 aliphatic heterocycles. The number of hydrogen-bond donors (Lipinski definition) is 1. The van der Waals surface area contributed by atoms with Crippen LogP contribution in [0.15, 0.2) is 67.1 Å². The molecule has 1 fully saturated rings. The molecule has 3 amide bonds. The van der Waals surface area contributed by atoms with Gasteiger partial charge in [-0.25, -0.2) is 0 Å². The topological polar surface area (TPSA) is 96.8 Å². The lowest BCUT2D eigenvalue weighted by molar-refractivity contribution is -0.139. The van der Waals surface area contributed by atoms with Crippen molar-refractivity contribution in [1.29, 1.82) is 0 Å². The Morgan fingerprint density at radius 2 is 1.86 bits per heavy atom. The second kappa shape index (κ2) is 9.33. The first-order valence-electron chi connectivity index (χ1n) is 12.1. The van der Waals surface area contributed by atoms with Gasteiger partial charge in [0.2, 0.25) is 0 Å². The molecule has 0 radical (unpaired) electrons. The molecule has 37 heavy (non-hydrogen) atoms. The number of carbonyl (C=O) groups is 3. The quantitative estimate of drug-likeness (QED) is 0.504. The van der Waals surface area contributed by atoms with E-state index in [1.165, 1.54) is 9.80 Å². The van der Waals surface area contributed by atoms with Crippen molar-refractivity contribution >= 4 is 28.6 Å². The van der Waals surface area contributed by atoms with E-state index in [1.54, 1.807) is 13.2 Å². The van der Waals surface area contributed by atoms with Crippen molar-refractivity contribution in [2.45, 2.75) is 32.5 Å². The summed E-state index contributed by atoms with van der Waals surface area (Å²) in [6.45, 7) is 12.8. The molecule has 190 valence electrons. The maximum Gasteiger partial charge on any atom is 0.271 e. The predicted octanol–water partition coefficient (Wildman–Crippen LogP) is 3.24. The highest BCUT2D eigenvalue weighted by molar-refractivity contribution is 6.08. The molecule has 9 heteroatoms. The Kier molecular flexibility index (Phi) is 6.16. The van der Waals surface area contributed by atoms with E-state index in [1.807, 2.05) is 35.1 Å². The van der Waals surface area contributed by atoms with E-state index in [9.17, 15) is 14.4 Å². The molecule has 1 aromatic heterocycles. The Balaban J connectivity index is 1.33. The van der Waals surface area contributed by atoms with Gasteiger partial charge in [-0.15, -0.1) is 0 Å². The van der Waals surface area contributed by atoms with E-state index < -0.39 is 5.91 Å². The van der Waals surface area contributed by atoms with E-state index >= 15 is 0 Å². The molecule has 0 aliphatic carbocycles. The zero-order valence-corrected chi connectivity index (χ0v) is 21.2. The number of aromatic nitrogens is 2. The summed E-state index contributed by atoms with van der Waals surface area (Å²) in [6.07, 6.45) is 2.00. The first kappa shape index (κ1) is 24.5. The second-order valence-electron chi connectivity index (χ2n) is 9.65. The monoisotopic (exact) mass is 499 g/mol. The minimum absolute atomic E-state index is 0.00978. The molecule has 0 atom stereocenters. The van der Waals surface area contributed by atoms with E-state index in [0.717, 1.165) is 27.6 Å². The third-order valence-electron chi connectivity index (χ3n) is 6.91. The Hall–Kier alpha value is -4.24. The third-order valence-corrected chi connectivity index (χ3v) is 6.91. The molecule has 3 aromatic rings. The van der Waals surface area contributed by atoms with Gasteiger partial charge in [-0.3, -0.25) is 24.0 Å². The van der Waals surface area contributed by atoms with Crippen LogP contribution in [-0.4, -0.2) is 63.6 Å². The normalized spacial score (nSPS) is 15.2. The molecule has 1 N–H and O–H groups in total. The van der Waals surface area contributed by atoms with Crippen LogP contribution >= 0.6 is 0 Å². The Morgan fingerprint density at radius 3 is 2.57 bits per heavy atom. The number of nitrogens with zero attached hydrogens (tertiary/aromatic N) is 4. The standard InChI is InChI=1S/C28H29N5O4/c1-16(2)33-12-20-11-19(9-10-25(20)30-33)22-7-6-8-23-24(22)15-32(28(23)36)18(4)26(34)29-17(3)27(35)31-13-21(14-31)37-5/h6-12,16,21H,3-4,13-15H2,1-2,5H3,(H,29,34). The zero-order chi connectivity index (χ0) is 26.4. The molecule has 2 aliphatic rings. The molecular formula is C28H29N5O4. The van der Waals surface area contributed by atoms with Gasteiger partial charge in [0.05, 0.1) is 23.9 Å². The van der Waals surface area contributed by atoms with Crippen molar-refractivity contribution in [2.24, 2.45) is 0 Å². The van der Waals surface area contributed by atoms with Crippen LogP contribution in [0.2, 0.25) is 0 Å². The van der Waals surface area contributed by atoms with Gasteiger partial charge < -0.3 is 15.0 Å². The summed E-state index contributed by atoms with van der Waals surface area (Å²) < 4.78 is 7.10. The highest BCUT2D eigenvalue weighted by Crippen LogP contribution is 2.35. The number of likely N-dealkylation sites (tertiary alicyclic amines) is 1. The fourth-order valence-corrected chi connectivity index (χ4v) is 4.63. The van der Waals surface area contributed by atoms with Gasteiger partial charge in [-0.1, -0.05) is 31.4 Å². The summed E-state index contributed by atoms with van der Waals surface area (Å²) in [5.41, 5.74) is 3.99. The van der Waals surface area contributed by atoms with Crippen LogP contribution in [0, 0.1) is 0 Å². The number of nitrogens with one attached hydrogen (secondary N) is 1. The van der Waals surface area contributed by atoms with Gasteiger partial charge in [-0.05, 0) is 48.7 Å². The number of carbonyl (C=O) groups excluding carboxylic acids is 3. The summed E-state index contributed by atoms with van der Waals surface area (Å²) in [7, 11) is 1.59. The average Bonchev–Trinajstić information content (AvgIpc) is 3.43. The number of amides is 3. The summed E-state index contributed by atoms with van der Waals surface area (Å²) in [5, 5.41) is 8.11.